The number of aromatic hydroxyl groups is 1. The standard InChI is InChI=1S/C27H22BrClF4N8O5/c1-11-21(43)19(35-10-34-11)23(45)39-6-5-26(16(30)8-39)18-20(12(2)46-26)40(25-37-24(28)38-41(25)22(18)44)9-17(42)36-15-4-3-13(7-14(15)29)27(31,32)33/h3-4,7,10,12,16,43H,5-6,8-9H2,1-2H3,(H,36,42). The van der Waals surface area contributed by atoms with E-state index >= 15 is 4.39 Å². The predicted molar refractivity (Wildman–Crippen MR) is 155 cm³/mol. The molecule has 0 aliphatic carbocycles. The van der Waals surface area contributed by atoms with Crippen molar-refractivity contribution in [2.45, 2.75) is 50.9 Å². The number of fused-ring (bicyclic) bond motifs is 3. The Morgan fingerprint density at radius 3 is 2.70 bits per heavy atom. The van der Waals surface area contributed by atoms with E-state index < -0.39 is 65.8 Å². The third-order valence-corrected chi connectivity index (χ3v) is 8.61. The number of piperidine rings is 1. The van der Waals surface area contributed by atoms with Gasteiger partial charge in [0, 0.05) is 13.0 Å². The lowest BCUT2D eigenvalue weighted by atomic mass is 9.83. The molecule has 0 radical (unpaired) electrons. The Morgan fingerprint density at radius 1 is 1.28 bits per heavy atom. The predicted octanol–water partition coefficient (Wildman–Crippen LogP) is 3.94. The van der Waals surface area contributed by atoms with Gasteiger partial charge in [-0.05, 0) is 48.0 Å². The third kappa shape index (κ3) is 5.17. The van der Waals surface area contributed by atoms with E-state index in [-0.39, 0.29) is 56.8 Å². The van der Waals surface area contributed by atoms with Crippen molar-refractivity contribution in [1.29, 1.82) is 0 Å². The molecule has 13 nitrogen and oxygen atoms in total. The zero-order valence-corrected chi connectivity index (χ0v) is 26.1. The summed E-state index contributed by atoms with van der Waals surface area (Å²) in [5.41, 5.74) is -3.80. The number of alkyl halides is 4. The van der Waals surface area contributed by atoms with Gasteiger partial charge in [0.15, 0.2) is 17.6 Å². The van der Waals surface area contributed by atoms with E-state index in [1.165, 1.54) is 11.5 Å². The van der Waals surface area contributed by atoms with Gasteiger partial charge >= 0.3 is 6.18 Å². The van der Waals surface area contributed by atoms with Crippen LogP contribution in [-0.2, 0) is 27.9 Å². The number of carbonyl (C=O) groups excluding carboxylic acids is 2. The van der Waals surface area contributed by atoms with Crippen LogP contribution in [-0.4, -0.2) is 70.2 Å². The molecule has 19 heteroatoms. The molecular formula is C27H22BrClF4N8O5. The number of aryl methyl sites for hydroxylation is 1. The molecule has 0 saturated carbocycles. The first-order valence-corrected chi connectivity index (χ1v) is 14.8. The van der Waals surface area contributed by atoms with Crippen molar-refractivity contribution in [3.8, 4) is 5.75 Å². The van der Waals surface area contributed by atoms with Gasteiger partial charge in [-0.2, -0.15) is 22.7 Å². The Hall–Kier alpha value is -4.16. The van der Waals surface area contributed by atoms with Gasteiger partial charge in [0.05, 0.1) is 45.9 Å². The van der Waals surface area contributed by atoms with E-state index in [2.05, 4.69) is 41.3 Å². The summed E-state index contributed by atoms with van der Waals surface area (Å²) in [7, 11) is 0. The molecule has 2 aliphatic heterocycles. The lowest BCUT2D eigenvalue weighted by Crippen LogP contribution is -2.55. The number of hydrogen-bond donors (Lipinski definition) is 2. The molecule has 242 valence electrons. The van der Waals surface area contributed by atoms with E-state index in [1.807, 2.05) is 0 Å². The lowest BCUT2D eigenvalue weighted by molar-refractivity contribution is -0.143. The molecule has 2 aliphatic rings. The smallest absolute Gasteiger partial charge is 0.416 e. The van der Waals surface area contributed by atoms with Gasteiger partial charge in [-0.1, -0.05) is 11.6 Å². The molecule has 2 amide bonds. The Bertz CT molecular complexity index is 1990. The van der Waals surface area contributed by atoms with Gasteiger partial charge in [0.25, 0.3) is 11.5 Å². The van der Waals surface area contributed by atoms with E-state index in [1.54, 1.807) is 6.92 Å². The number of aromatic nitrogens is 6. The second-order valence-corrected chi connectivity index (χ2v) is 11.9. The minimum absolute atomic E-state index is 0.00648. The SMILES string of the molecule is Cc1ncnc(C(=O)N2CCC3(OC(C)c4c3c(=O)n3nc(Br)nc3n4CC(=O)Nc3ccc(C(F)(F)F)cc3Cl)C(F)C2)c1O. The molecule has 5 heterocycles. The average molecular weight is 730 g/mol. The van der Waals surface area contributed by atoms with Gasteiger partial charge in [-0.25, -0.2) is 14.4 Å². The van der Waals surface area contributed by atoms with Gasteiger partial charge in [0.1, 0.15) is 18.5 Å². The molecule has 0 bridgehead atoms. The van der Waals surface area contributed by atoms with E-state index in [9.17, 15) is 32.7 Å². The normalized spacial score (nSPS) is 21.2. The van der Waals surface area contributed by atoms with Crippen molar-refractivity contribution in [1.82, 2.24) is 34.0 Å². The first-order valence-electron chi connectivity index (χ1n) is 13.6. The molecule has 1 saturated heterocycles. The van der Waals surface area contributed by atoms with Crippen LogP contribution in [0.3, 0.4) is 0 Å². The quantitative estimate of drug-likeness (QED) is 0.297. The summed E-state index contributed by atoms with van der Waals surface area (Å²) in [5, 5.41) is 16.5. The van der Waals surface area contributed by atoms with Crippen LogP contribution in [0.1, 0.15) is 52.5 Å². The van der Waals surface area contributed by atoms with E-state index in [0.717, 1.165) is 27.9 Å². The summed E-state index contributed by atoms with van der Waals surface area (Å²) in [6.07, 6.45) is -6.60. The fourth-order valence-electron chi connectivity index (χ4n) is 5.84. The number of ether oxygens (including phenoxy) is 1. The Labute approximate surface area is 269 Å². The summed E-state index contributed by atoms with van der Waals surface area (Å²) < 4.78 is 63.9. The fourth-order valence-corrected chi connectivity index (χ4v) is 6.39. The Morgan fingerprint density at radius 2 is 2.02 bits per heavy atom. The van der Waals surface area contributed by atoms with Crippen LogP contribution >= 0.6 is 27.5 Å². The number of amides is 2. The highest BCUT2D eigenvalue weighted by atomic mass is 79.9. The van der Waals surface area contributed by atoms with Crippen molar-refractivity contribution >= 4 is 50.8 Å². The molecule has 2 N–H and O–H groups in total. The van der Waals surface area contributed by atoms with Crippen molar-refractivity contribution < 1.29 is 37.0 Å². The molecule has 3 unspecified atom stereocenters. The minimum Gasteiger partial charge on any atom is -0.504 e. The summed E-state index contributed by atoms with van der Waals surface area (Å²) in [6.45, 7) is 1.90. The van der Waals surface area contributed by atoms with Crippen LogP contribution in [0, 0.1) is 6.92 Å². The monoisotopic (exact) mass is 728 g/mol. The average Bonchev–Trinajstić information content (AvgIpc) is 3.52. The Kier molecular flexibility index (Phi) is 7.79. The summed E-state index contributed by atoms with van der Waals surface area (Å²) in [4.78, 5) is 53.3. The van der Waals surface area contributed by atoms with Crippen LogP contribution in [0.4, 0.5) is 23.2 Å². The van der Waals surface area contributed by atoms with Gasteiger partial charge < -0.3 is 24.6 Å². The van der Waals surface area contributed by atoms with Crippen molar-refractivity contribution in [3.63, 3.8) is 0 Å². The molecule has 3 aromatic heterocycles. The molecule has 3 atom stereocenters. The molecule has 6 rings (SSSR count). The Balaban J connectivity index is 1.35. The number of rotatable bonds is 4. The summed E-state index contributed by atoms with van der Waals surface area (Å²) in [6, 6.07) is 2.44. The molecular weight excluding hydrogens is 708 g/mol. The molecule has 1 fully saturated rings. The largest absolute Gasteiger partial charge is 0.504 e. The number of halogens is 6. The summed E-state index contributed by atoms with van der Waals surface area (Å²) >= 11 is 9.14. The van der Waals surface area contributed by atoms with Crippen LogP contribution in [0.2, 0.25) is 5.02 Å². The van der Waals surface area contributed by atoms with E-state index in [4.69, 9.17) is 16.3 Å². The van der Waals surface area contributed by atoms with Crippen molar-refractivity contribution in [2.24, 2.45) is 0 Å². The van der Waals surface area contributed by atoms with Crippen LogP contribution < -0.4 is 10.9 Å². The fraction of sp³-hybridized carbons (Fsp3) is 0.370. The van der Waals surface area contributed by atoms with Gasteiger partial charge in [-0.15, -0.1) is 5.10 Å². The van der Waals surface area contributed by atoms with Crippen molar-refractivity contribution in [2.75, 3.05) is 18.4 Å². The maximum Gasteiger partial charge on any atom is 0.416 e. The van der Waals surface area contributed by atoms with Crippen LogP contribution in [0.25, 0.3) is 5.78 Å². The first-order chi connectivity index (χ1) is 21.6. The number of nitrogens with zero attached hydrogens (tertiary/aromatic N) is 7. The number of carbonyl (C=O) groups is 2. The third-order valence-electron chi connectivity index (χ3n) is 7.96. The molecule has 4 aromatic rings. The second-order valence-electron chi connectivity index (χ2n) is 10.8. The number of hydrogen-bond acceptors (Lipinski definition) is 9. The highest BCUT2D eigenvalue weighted by Crippen LogP contribution is 2.49. The van der Waals surface area contributed by atoms with E-state index in [0.29, 0.717) is 6.07 Å². The number of anilines is 1. The van der Waals surface area contributed by atoms with Crippen LogP contribution in [0.5, 0.6) is 5.75 Å². The van der Waals surface area contributed by atoms with Gasteiger partial charge in [-0.3, -0.25) is 14.4 Å². The highest BCUT2D eigenvalue weighted by Gasteiger charge is 2.56. The topological polar surface area (TPSA) is 157 Å². The second kappa shape index (κ2) is 11.3. The number of nitrogens with one attached hydrogen (secondary N) is 1. The maximum absolute atomic E-state index is 16.3. The molecule has 1 spiro atoms. The van der Waals surface area contributed by atoms with Crippen LogP contribution in [0.15, 0.2) is 34.1 Å². The minimum atomic E-state index is -4.64. The zero-order valence-electron chi connectivity index (χ0n) is 23.8. The molecule has 46 heavy (non-hydrogen) atoms. The first kappa shape index (κ1) is 31.8. The zero-order chi connectivity index (χ0) is 33.3. The maximum atomic E-state index is 16.3. The number of benzene rings is 1. The lowest BCUT2D eigenvalue weighted by Gasteiger charge is -2.41. The van der Waals surface area contributed by atoms with Gasteiger partial charge in [0.2, 0.25) is 16.4 Å². The molecule has 1 aromatic carbocycles. The summed E-state index contributed by atoms with van der Waals surface area (Å²) in [5.74, 6) is -2.01. The van der Waals surface area contributed by atoms with Crippen molar-refractivity contribution in [3.05, 3.63) is 72.8 Å². The number of likely N-dealkylation sites (tertiary alicyclic amines) is 1. The highest BCUT2D eigenvalue weighted by molar-refractivity contribution is 9.10.